The summed E-state index contributed by atoms with van der Waals surface area (Å²) in [4.78, 5) is 34.3. The van der Waals surface area contributed by atoms with Crippen molar-refractivity contribution in [3.8, 4) is 5.75 Å². The summed E-state index contributed by atoms with van der Waals surface area (Å²) in [6.07, 6.45) is 0.270. The summed E-state index contributed by atoms with van der Waals surface area (Å²) in [5.74, 6) is -0.00718. The van der Waals surface area contributed by atoms with Gasteiger partial charge in [0.15, 0.2) is 0 Å². The number of benzene rings is 1. The van der Waals surface area contributed by atoms with Crippen LogP contribution >= 0.6 is 0 Å². The van der Waals surface area contributed by atoms with E-state index in [1.807, 2.05) is 25.2 Å². The fourth-order valence-electron chi connectivity index (χ4n) is 2.16. The van der Waals surface area contributed by atoms with Crippen LogP contribution in [-0.4, -0.2) is 26.5 Å². The van der Waals surface area contributed by atoms with Gasteiger partial charge < -0.3 is 19.8 Å². The second-order valence-electron chi connectivity index (χ2n) is 4.72. The van der Waals surface area contributed by atoms with Gasteiger partial charge in [-0.1, -0.05) is 19.9 Å². The van der Waals surface area contributed by atoms with E-state index in [0.29, 0.717) is 11.3 Å². The van der Waals surface area contributed by atoms with Crippen LogP contribution in [0, 0.1) is 0 Å². The van der Waals surface area contributed by atoms with Crippen LogP contribution in [0.25, 0.3) is 0 Å². The van der Waals surface area contributed by atoms with Crippen LogP contribution in [0.4, 0.5) is 11.6 Å². The molecule has 0 aliphatic rings. The molecule has 0 atom stereocenters. The Morgan fingerprint density at radius 3 is 2.62 bits per heavy atom. The Morgan fingerprint density at radius 2 is 2.00 bits per heavy atom. The zero-order valence-electron chi connectivity index (χ0n) is 15.2. The number of hydrogen-bond donors (Lipinski definition) is 3. The lowest BCUT2D eigenvalue weighted by Gasteiger charge is -2.13. The number of carbonyl (C=O) groups excluding carboxylic acids is 2. The number of nitrogens with one attached hydrogen (secondary N) is 3. The van der Waals surface area contributed by atoms with Crippen molar-refractivity contribution in [3.05, 3.63) is 51.9 Å². The predicted octanol–water partition coefficient (Wildman–Crippen LogP) is 2.21. The van der Waals surface area contributed by atoms with Gasteiger partial charge in [0, 0.05) is 31.4 Å². The van der Waals surface area contributed by atoms with E-state index in [1.165, 1.54) is 13.1 Å². The van der Waals surface area contributed by atoms with E-state index in [2.05, 4.69) is 10.6 Å². The van der Waals surface area contributed by atoms with E-state index in [-0.39, 0.29) is 24.4 Å². The van der Waals surface area contributed by atoms with E-state index < -0.39 is 11.5 Å². The van der Waals surface area contributed by atoms with Crippen LogP contribution in [0.15, 0.2) is 39.5 Å². The van der Waals surface area contributed by atoms with Gasteiger partial charge in [0.05, 0.1) is 7.11 Å². The number of methoxy groups -OCH3 is 1. The second-order valence-corrected chi connectivity index (χ2v) is 4.72. The molecule has 2 amide bonds. The molecule has 0 saturated carbocycles. The van der Waals surface area contributed by atoms with Crippen LogP contribution < -0.4 is 26.3 Å². The molecule has 2 aromatic rings. The van der Waals surface area contributed by atoms with Crippen molar-refractivity contribution in [3.63, 3.8) is 0 Å². The molecule has 8 heteroatoms. The molecular weight excluding hydrogens is 338 g/mol. The molecule has 26 heavy (non-hydrogen) atoms. The van der Waals surface area contributed by atoms with Crippen LogP contribution in [-0.2, 0) is 11.3 Å². The molecule has 8 nitrogen and oxygen atoms in total. The van der Waals surface area contributed by atoms with Crippen molar-refractivity contribution in [2.24, 2.45) is 0 Å². The normalized spacial score (nSPS) is 9.38. The molecule has 0 unspecified atom stereocenters. The lowest BCUT2D eigenvalue weighted by molar-refractivity contribution is -0.108. The minimum atomic E-state index is -0.666. The summed E-state index contributed by atoms with van der Waals surface area (Å²) in [5.41, 5.74) is 0.608. The first-order chi connectivity index (χ1) is 12.6. The van der Waals surface area contributed by atoms with Gasteiger partial charge in [-0.3, -0.25) is 14.9 Å². The van der Waals surface area contributed by atoms with Gasteiger partial charge in [-0.25, -0.2) is 4.79 Å². The molecule has 2 rings (SSSR count). The summed E-state index contributed by atoms with van der Waals surface area (Å²) in [5, 5.41) is 7.78. The minimum Gasteiger partial charge on any atom is -0.497 e. The van der Waals surface area contributed by atoms with Crippen molar-refractivity contribution in [1.29, 1.82) is 0 Å². The third-order valence-electron chi connectivity index (χ3n) is 3.24. The SMILES string of the molecule is CC.CNc1oc(=O)cc(CNc2cccc(OC)c2)c1C(=O)NC=O. The van der Waals surface area contributed by atoms with Crippen molar-refractivity contribution in [2.75, 3.05) is 24.8 Å². The molecule has 0 aliphatic carbocycles. The quantitative estimate of drug-likeness (QED) is 0.649. The molecule has 0 spiro atoms. The number of anilines is 2. The molecule has 0 saturated heterocycles. The van der Waals surface area contributed by atoms with E-state index >= 15 is 0 Å². The van der Waals surface area contributed by atoms with Gasteiger partial charge in [0.25, 0.3) is 5.91 Å². The van der Waals surface area contributed by atoms with E-state index in [1.54, 1.807) is 25.3 Å². The topological polar surface area (TPSA) is 110 Å². The summed E-state index contributed by atoms with van der Waals surface area (Å²) in [6, 6.07) is 8.39. The highest BCUT2D eigenvalue weighted by Gasteiger charge is 2.19. The maximum absolute atomic E-state index is 12.1. The Kier molecular flexibility index (Phi) is 8.42. The molecule has 0 radical (unpaired) electrons. The molecule has 140 valence electrons. The number of rotatable bonds is 7. The van der Waals surface area contributed by atoms with Gasteiger partial charge in [-0.15, -0.1) is 0 Å². The fraction of sp³-hybridized carbons (Fsp3) is 0.278. The van der Waals surface area contributed by atoms with E-state index in [4.69, 9.17) is 9.15 Å². The van der Waals surface area contributed by atoms with Gasteiger partial charge in [0.1, 0.15) is 11.3 Å². The third-order valence-corrected chi connectivity index (χ3v) is 3.24. The maximum atomic E-state index is 12.1. The van der Waals surface area contributed by atoms with Gasteiger partial charge >= 0.3 is 5.63 Å². The average molecular weight is 361 g/mol. The smallest absolute Gasteiger partial charge is 0.337 e. The largest absolute Gasteiger partial charge is 0.497 e. The fourth-order valence-corrected chi connectivity index (χ4v) is 2.16. The Hall–Kier alpha value is -3.29. The summed E-state index contributed by atoms with van der Waals surface area (Å²) in [6.45, 7) is 4.18. The molecule has 1 aromatic heterocycles. The molecular formula is C18H23N3O5. The average Bonchev–Trinajstić information content (AvgIpc) is 2.67. The Bertz CT molecular complexity index is 802. The zero-order valence-corrected chi connectivity index (χ0v) is 15.2. The summed E-state index contributed by atoms with van der Waals surface area (Å²) in [7, 11) is 3.07. The first-order valence-electron chi connectivity index (χ1n) is 8.06. The molecule has 1 aromatic carbocycles. The second kappa shape index (κ2) is 10.5. The third kappa shape index (κ3) is 5.37. The zero-order chi connectivity index (χ0) is 19.5. The lowest BCUT2D eigenvalue weighted by Crippen LogP contribution is -2.25. The van der Waals surface area contributed by atoms with E-state index in [9.17, 15) is 14.4 Å². The van der Waals surface area contributed by atoms with Crippen LogP contribution in [0.3, 0.4) is 0 Å². The highest BCUT2D eigenvalue weighted by atomic mass is 16.5. The molecule has 1 heterocycles. The summed E-state index contributed by atoms with van der Waals surface area (Å²) >= 11 is 0. The molecule has 3 N–H and O–H groups in total. The molecule has 0 aliphatic heterocycles. The van der Waals surface area contributed by atoms with Crippen LogP contribution in [0.1, 0.15) is 29.8 Å². The highest BCUT2D eigenvalue weighted by Crippen LogP contribution is 2.21. The van der Waals surface area contributed by atoms with Gasteiger partial charge in [-0.2, -0.15) is 0 Å². The Balaban J connectivity index is 0.00000163. The number of hydrogen-bond acceptors (Lipinski definition) is 7. The number of amides is 2. The molecule has 0 fully saturated rings. The van der Waals surface area contributed by atoms with Crippen molar-refractivity contribution in [1.82, 2.24) is 5.32 Å². The lowest BCUT2D eigenvalue weighted by atomic mass is 10.1. The van der Waals surface area contributed by atoms with Gasteiger partial charge in [0.2, 0.25) is 12.3 Å². The highest BCUT2D eigenvalue weighted by molar-refractivity contribution is 6.04. The van der Waals surface area contributed by atoms with Crippen molar-refractivity contribution >= 4 is 23.9 Å². The number of ether oxygens (including phenoxy) is 1. The Labute approximate surface area is 151 Å². The number of imide groups is 1. The molecule has 0 bridgehead atoms. The van der Waals surface area contributed by atoms with Crippen LogP contribution in [0.5, 0.6) is 5.75 Å². The van der Waals surface area contributed by atoms with Crippen molar-refractivity contribution in [2.45, 2.75) is 20.4 Å². The monoisotopic (exact) mass is 361 g/mol. The summed E-state index contributed by atoms with van der Waals surface area (Å²) < 4.78 is 10.1. The maximum Gasteiger partial charge on any atom is 0.337 e. The standard InChI is InChI=1S/C16H17N3O5.C2H6/c1-17-16-14(15(22)19-9-20)10(6-13(21)24-16)8-18-11-4-3-5-12(7-11)23-2;1-2/h3-7,9,17-18H,8H2,1-2H3,(H,19,20,22);1-2H3. The van der Waals surface area contributed by atoms with Crippen molar-refractivity contribution < 1.29 is 18.7 Å². The first-order valence-corrected chi connectivity index (χ1v) is 8.06. The first kappa shape index (κ1) is 20.8. The minimum absolute atomic E-state index is 0.00991. The number of carbonyl (C=O) groups is 2. The predicted molar refractivity (Wildman–Crippen MR) is 99.7 cm³/mol. The van der Waals surface area contributed by atoms with E-state index in [0.717, 1.165) is 5.69 Å². The Morgan fingerprint density at radius 1 is 1.27 bits per heavy atom. The van der Waals surface area contributed by atoms with Gasteiger partial charge in [-0.05, 0) is 17.7 Å². The van der Waals surface area contributed by atoms with Crippen LogP contribution in [0.2, 0.25) is 0 Å².